The van der Waals surface area contributed by atoms with Gasteiger partial charge < -0.3 is 35.8 Å². The Labute approximate surface area is 249 Å². The molecule has 19 heteroatoms. The van der Waals surface area contributed by atoms with Crippen molar-refractivity contribution in [2.24, 2.45) is 5.73 Å². The third kappa shape index (κ3) is 18.1. The van der Waals surface area contributed by atoms with Crippen LogP contribution < -0.4 is 17.0 Å². The summed E-state index contributed by atoms with van der Waals surface area (Å²) in [6.45, 7) is 8.18. The lowest BCUT2D eigenvalue weighted by molar-refractivity contribution is -0.282. The summed E-state index contributed by atoms with van der Waals surface area (Å²) in [6.07, 6.45) is -9.49. The quantitative estimate of drug-likeness (QED) is 0.179. The van der Waals surface area contributed by atoms with E-state index in [-0.39, 0.29) is 25.7 Å². The highest BCUT2D eigenvalue weighted by Crippen LogP contribution is 2.30. The largest absolute Gasteiger partial charge is 0.481 e. The number of nitrogens with two attached hydrogens (primary N) is 2. The van der Waals surface area contributed by atoms with E-state index < -0.39 is 49.1 Å². The normalized spacial score (nSPS) is 11.1. The van der Waals surface area contributed by atoms with Crippen LogP contribution in [-0.2, 0) is 31.8 Å². The average molecular weight is 667 g/mol. The van der Waals surface area contributed by atoms with Crippen molar-refractivity contribution in [2.75, 3.05) is 25.6 Å². The van der Waals surface area contributed by atoms with Gasteiger partial charge in [0, 0.05) is 36.5 Å². The molecule has 0 aliphatic rings. The van der Waals surface area contributed by atoms with Crippen molar-refractivity contribution < 1.29 is 55.2 Å². The van der Waals surface area contributed by atoms with E-state index in [4.69, 9.17) is 35.6 Å². The molecular weight excluding hydrogens is 634 g/mol. The zero-order valence-corrected chi connectivity index (χ0v) is 25.1. The number of anilines is 1. The Bertz CT molecular complexity index is 1310. The molecule has 0 aliphatic carbocycles. The number of halogens is 6. The summed E-state index contributed by atoms with van der Waals surface area (Å²) >= 11 is 1.61. The third-order valence-electron chi connectivity index (χ3n) is 4.12. The van der Waals surface area contributed by atoms with Gasteiger partial charge in [-0.3, -0.25) is 14.4 Å². The second-order valence-corrected chi connectivity index (χ2v) is 10.1. The SMILES string of the molecule is CC(=O)O.CCOC(OCC)OCC.NC(=O)c1cc(CC(F)(F)F)sc1N.O=c1[nH]cnc2sc(CC(F)(F)F)cc12. The topological polar surface area (TPSA) is 180 Å². The smallest absolute Gasteiger partial charge is 0.393 e. The maximum atomic E-state index is 12.1. The molecule has 0 fully saturated rings. The maximum Gasteiger partial charge on any atom is 0.393 e. The molecule has 3 aromatic rings. The Morgan fingerprint density at radius 2 is 1.40 bits per heavy atom. The van der Waals surface area contributed by atoms with E-state index in [1.165, 1.54) is 12.4 Å². The monoisotopic (exact) mass is 666 g/mol. The van der Waals surface area contributed by atoms with Gasteiger partial charge >= 0.3 is 12.4 Å². The lowest BCUT2D eigenvalue weighted by Crippen LogP contribution is -2.20. The molecule has 0 unspecified atom stereocenters. The van der Waals surface area contributed by atoms with Gasteiger partial charge in [-0.05, 0) is 32.9 Å². The number of aliphatic carboxylic acids is 1. The Hall–Kier alpha value is -3.26. The van der Waals surface area contributed by atoms with Gasteiger partial charge in [-0.2, -0.15) is 26.3 Å². The highest BCUT2D eigenvalue weighted by atomic mass is 32.1. The van der Waals surface area contributed by atoms with Crippen LogP contribution in [0.2, 0.25) is 0 Å². The van der Waals surface area contributed by atoms with Crippen molar-refractivity contribution in [3.8, 4) is 0 Å². The Morgan fingerprint density at radius 3 is 1.74 bits per heavy atom. The first kappa shape index (κ1) is 39.7. The van der Waals surface area contributed by atoms with Crippen molar-refractivity contribution in [1.29, 1.82) is 0 Å². The number of fused-ring (bicyclic) bond motifs is 1. The van der Waals surface area contributed by atoms with Gasteiger partial charge in [0.25, 0.3) is 23.9 Å². The molecule has 3 heterocycles. The van der Waals surface area contributed by atoms with Crippen LogP contribution in [0.4, 0.5) is 31.3 Å². The zero-order valence-electron chi connectivity index (χ0n) is 23.4. The predicted octanol–water partition coefficient (Wildman–Crippen LogP) is 5.09. The Balaban J connectivity index is 0.000000590. The third-order valence-corrected chi connectivity index (χ3v) is 6.13. The molecule has 0 aromatic carbocycles. The molecule has 3 rings (SSSR count). The summed E-state index contributed by atoms with van der Waals surface area (Å²) < 4.78 is 87.2. The number of aromatic nitrogens is 2. The molecule has 0 atom stereocenters. The van der Waals surface area contributed by atoms with Gasteiger partial charge in [0.2, 0.25) is 0 Å². The zero-order chi connectivity index (χ0) is 33.4. The molecule has 0 bridgehead atoms. The molecular formula is C24H32F6N4O7S2. The van der Waals surface area contributed by atoms with Crippen LogP contribution in [0.5, 0.6) is 0 Å². The fourth-order valence-corrected chi connectivity index (χ4v) is 4.68. The molecule has 1 amide bonds. The molecule has 0 aliphatic heterocycles. The minimum Gasteiger partial charge on any atom is -0.481 e. The van der Waals surface area contributed by atoms with E-state index >= 15 is 0 Å². The molecule has 244 valence electrons. The van der Waals surface area contributed by atoms with Crippen LogP contribution in [0.1, 0.15) is 47.8 Å². The van der Waals surface area contributed by atoms with Crippen LogP contribution in [0.25, 0.3) is 10.2 Å². The van der Waals surface area contributed by atoms with Gasteiger partial charge in [-0.1, -0.05) is 0 Å². The highest BCUT2D eigenvalue weighted by Gasteiger charge is 2.30. The number of amides is 1. The number of alkyl halides is 6. The van der Waals surface area contributed by atoms with E-state index in [0.717, 1.165) is 35.7 Å². The summed E-state index contributed by atoms with van der Waals surface area (Å²) in [7, 11) is 0. The number of primary amides is 1. The lowest BCUT2D eigenvalue weighted by Gasteiger charge is -2.15. The van der Waals surface area contributed by atoms with Crippen molar-refractivity contribution >= 4 is 49.8 Å². The highest BCUT2D eigenvalue weighted by molar-refractivity contribution is 7.18. The second kappa shape index (κ2) is 19.1. The number of aromatic amines is 1. The van der Waals surface area contributed by atoms with E-state index in [1.807, 2.05) is 20.8 Å². The molecule has 0 saturated heterocycles. The van der Waals surface area contributed by atoms with Gasteiger partial charge in [0.1, 0.15) is 4.83 Å². The van der Waals surface area contributed by atoms with Gasteiger partial charge in [0.15, 0.2) is 0 Å². The van der Waals surface area contributed by atoms with E-state index in [2.05, 4.69) is 9.97 Å². The number of hydrogen-bond acceptors (Lipinski definition) is 10. The summed E-state index contributed by atoms with van der Waals surface area (Å²) in [5.41, 5.74) is 9.75. The number of carbonyl (C=O) groups is 2. The molecule has 3 aromatic heterocycles. The van der Waals surface area contributed by atoms with Crippen LogP contribution >= 0.6 is 22.7 Å². The number of carboxylic acid groups (broad SMARTS) is 1. The number of ether oxygens (including phenoxy) is 3. The summed E-state index contributed by atoms with van der Waals surface area (Å²) in [4.78, 5) is 37.4. The number of carbonyl (C=O) groups excluding carboxylic acids is 1. The molecule has 6 N–H and O–H groups in total. The number of nitrogens with one attached hydrogen (secondary N) is 1. The van der Waals surface area contributed by atoms with Crippen LogP contribution in [-0.4, -0.2) is 65.6 Å². The fraction of sp³-hybridized carbons (Fsp3) is 0.500. The first-order valence-corrected chi connectivity index (χ1v) is 13.8. The number of thiophene rings is 2. The minimum atomic E-state index is -4.30. The summed E-state index contributed by atoms with van der Waals surface area (Å²) in [5, 5.41) is 7.65. The standard InChI is InChI=1S/C8H5F3N2OS.C7H7F3N2OS.C7H16O3.C2H4O2/c9-8(10,11)2-4-1-5-6(14)12-3-13-7(5)15-4;8-7(9,10)2-3-1-4(5(11)13)6(12)14-3;1-4-8-7(9-5-2)10-6-3;1-2(3)4/h1,3H,2H2,(H,12,13,14);1H,2,12H2,(H2,11,13);7H,4-6H2,1-3H3;1H3,(H,3,4). The maximum absolute atomic E-state index is 12.1. The van der Waals surface area contributed by atoms with Gasteiger partial charge in [0.05, 0.1) is 35.1 Å². The number of rotatable bonds is 9. The van der Waals surface area contributed by atoms with Crippen molar-refractivity contribution in [3.63, 3.8) is 0 Å². The van der Waals surface area contributed by atoms with Gasteiger partial charge in [-0.15, -0.1) is 22.7 Å². The van der Waals surface area contributed by atoms with Crippen molar-refractivity contribution in [1.82, 2.24) is 9.97 Å². The lowest BCUT2D eigenvalue weighted by atomic mass is 10.2. The average Bonchev–Trinajstić information content (AvgIpc) is 3.41. The number of nitrogen functional groups attached to an aromatic ring is 1. The molecule has 11 nitrogen and oxygen atoms in total. The Kier molecular flexibility index (Phi) is 17.7. The number of hydrogen-bond donors (Lipinski definition) is 4. The van der Waals surface area contributed by atoms with Crippen LogP contribution in [0.3, 0.4) is 0 Å². The second-order valence-electron chi connectivity index (χ2n) is 7.78. The number of carboxylic acids is 1. The van der Waals surface area contributed by atoms with E-state index in [9.17, 15) is 35.9 Å². The Morgan fingerprint density at radius 1 is 0.953 bits per heavy atom. The number of nitrogens with zero attached hydrogens (tertiary/aromatic N) is 1. The molecule has 0 saturated carbocycles. The van der Waals surface area contributed by atoms with Gasteiger partial charge in [-0.25, -0.2) is 4.98 Å². The molecule has 0 radical (unpaired) electrons. The fourth-order valence-electron chi connectivity index (χ4n) is 2.69. The molecule has 43 heavy (non-hydrogen) atoms. The summed E-state index contributed by atoms with van der Waals surface area (Å²) in [5.74, 6) is -1.65. The first-order chi connectivity index (χ1) is 19.8. The predicted molar refractivity (Wildman–Crippen MR) is 149 cm³/mol. The minimum absolute atomic E-state index is 0.0104. The van der Waals surface area contributed by atoms with Crippen molar-refractivity contribution in [2.45, 2.75) is 59.4 Å². The first-order valence-electron chi connectivity index (χ1n) is 12.1. The summed E-state index contributed by atoms with van der Waals surface area (Å²) in [6, 6.07) is 2.31. The van der Waals surface area contributed by atoms with E-state index in [1.54, 1.807) is 0 Å². The van der Waals surface area contributed by atoms with E-state index in [0.29, 0.717) is 24.7 Å². The van der Waals surface area contributed by atoms with Crippen LogP contribution in [0.15, 0.2) is 23.3 Å². The van der Waals surface area contributed by atoms with Crippen LogP contribution in [0, 0.1) is 0 Å². The number of H-pyrrole nitrogens is 1. The van der Waals surface area contributed by atoms with Crippen molar-refractivity contribution in [3.05, 3.63) is 44.1 Å². The molecule has 0 spiro atoms.